The maximum absolute atomic E-state index is 5.42. The number of ether oxygens (including phenoxy) is 2. The molecule has 0 amide bonds. The van der Waals surface area contributed by atoms with E-state index >= 15 is 0 Å². The average Bonchev–Trinajstić information content (AvgIpc) is 3.02. The van der Waals surface area contributed by atoms with Gasteiger partial charge in [0.05, 0.1) is 0 Å². The molecular formula is C18H24N4O2. The highest BCUT2D eigenvalue weighted by Crippen LogP contribution is 2.35. The maximum atomic E-state index is 5.42. The first-order valence-corrected chi connectivity index (χ1v) is 8.47. The second kappa shape index (κ2) is 7.38. The van der Waals surface area contributed by atoms with E-state index in [1.54, 1.807) is 0 Å². The molecule has 0 atom stereocenters. The number of aryl methyl sites for hydroxylation is 1. The zero-order chi connectivity index (χ0) is 16.9. The Morgan fingerprint density at radius 2 is 1.79 bits per heavy atom. The Bertz CT molecular complexity index is 699. The first kappa shape index (κ1) is 16.4. The van der Waals surface area contributed by atoms with Gasteiger partial charge in [-0.1, -0.05) is 13.8 Å². The van der Waals surface area contributed by atoms with Crippen LogP contribution in [0.1, 0.15) is 32.4 Å². The number of hydrogen-bond donors (Lipinski definition) is 1. The predicted molar refractivity (Wildman–Crippen MR) is 95.4 cm³/mol. The van der Waals surface area contributed by atoms with Crippen LogP contribution in [0.15, 0.2) is 24.3 Å². The summed E-state index contributed by atoms with van der Waals surface area (Å²) in [5.74, 6) is 3.09. The smallest absolute Gasteiger partial charge is 0.231 e. The minimum absolute atomic E-state index is 0.276. The van der Waals surface area contributed by atoms with E-state index in [1.165, 1.54) is 0 Å². The second-order valence-corrected chi connectivity index (χ2v) is 5.87. The predicted octanol–water partition coefficient (Wildman–Crippen LogP) is 3.88. The van der Waals surface area contributed by atoms with Crippen LogP contribution in [-0.4, -0.2) is 29.9 Å². The minimum Gasteiger partial charge on any atom is -0.454 e. The molecule has 2 heterocycles. The molecule has 6 nitrogen and oxygen atoms in total. The summed E-state index contributed by atoms with van der Waals surface area (Å²) in [5, 5.41) is 3.34. The second-order valence-electron chi connectivity index (χ2n) is 5.87. The molecule has 1 aromatic carbocycles. The number of fused-ring (bicyclic) bond motifs is 1. The summed E-state index contributed by atoms with van der Waals surface area (Å²) in [5.41, 5.74) is 1.86. The van der Waals surface area contributed by atoms with Gasteiger partial charge in [0.15, 0.2) is 11.5 Å². The van der Waals surface area contributed by atoms with Crippen LogP contribution in [0.25, 0.3) is 0 Å². The summed E-state index contributed by atoms with van der Waals surface area (Å²) < 4.78 is 10.8. The Morgan fingerprint density at radius 3 is 2.54 bits per heavy atom. The van der Waals surface area contributed by atoms with Crippen LogP contribution in [0.3, 0.4) is 0 Å². The van der Waals surface area contributed by atoms with Crippen LogP contribution in [0.5, 0.6) is 11.5 Å². The Morgan fingerprint density at radius 1 is 1.04 bits per heavy atom. The van der Waals surface area contributed by atoms with E-state index in [4.69, 9.17) is 14.5 Å². The fourth-order valence-electron chi connectivity index (χ4n) is 2.73. The molecule has 6 heteroatoms. The molecule has 0 aliphatic carbocycles. The molecule has 0 radical (unpaired) electrons. The molecule has 0 saturated carbocycles. The van der Waals surface area contributed by atoms with E-state index < -0.39 is 0 Å². The molecule has 2 aromatic rings. The van der Waals surface area contributed by atoms with Crippen molar-refractivity contribution in [2.75, 3.05) is 30.1 Å². The quantitative estimate of drug-likeness (QED) is 0.832. The molecule has 1 N–H and O–H groups in total. The summed E-state index contributed by atoms with van der Waals surface area (Å²) in [6.45, 7) is 8.53. The van der Waals surface area contributed by atoms with Gasteiger partial charge in [0.1, 0.15) is 5.82 Å². The van der Waals surface area contributed by atoms with Crippen LogP contribution in [0.2, 0.25) is 0 Å². The van der Waals surface area contributed by atoms with Gasteiger partial charge in [0, 0.05) is 36.6 Å². The fourth-order valence-corrected chi connectivity index (χ4v) is 2.73. The normalized spacial score (nSPS) is 12.3. The Kier molecular flexibility index (Phi) is 5.03. The zero-order valence-electron chi connectivity index (χ0n) is 14.5. The number of rotatable bonds is 7. The molecule has 0 spiro atoms. The van der Waals surface area contributed by atoms with Gasteiger partial charge in [-0.2, -0.15) is 4.98 Å². The molecule has 3 rings (SSSR count). The summed E-state index contributed by atoms with van der Waals surface area (Å²) >= 11 is 0. The molecule has 1 aliphatic rings. The van der Waals surface area contributed by atoms with Crippen molar-refractivity contribution in [2.24, 2.45) is 0 Å². The van der Waals surface area contributed by atoms with Crippen molar-refractivity contribution in [3.05, 3.63) is 30.0 Å². The third-order valence-electron chi connectivity index (χ3n) is 3.76. The van der Waals surface area contributed by atoms with Crippen molar-refractivity contribution in [1.29, 1.82) is 0 Å². The molecule has 1 aliphatic heterocycles. The van der Waals surface area contributed by atoms with Crippen LogP contribution in [0, 0.1) is 6.92 Å². The summed E-state index contributed by atoms with van der Waals surface area (Å²) in [7, 11) is 0. The maximum Gasteiger partial charge on any atom is 0.231 e. The summed E-state index contributed by atoms with van der Waals surface area (Å²) in [4.78, 5) is 11.5. The number of hydrogen-bond acceptors (Lipinski definition) is 6. The Balaban J connectivity index is 1.83. The number of aromatic nitrogens is 2. The Labute approximate surface area is 142 Å². The van der Waals surface area contributed by atoms with Crippen molar-refractivity contribution in [3.63, 3.8) is 0 Å². The van der Waals surface area contributed by atoms with E-state index in [0.717, 1.165) is 60.6 Å². The largest absolute Gasteiger partial charge is 0.454 e. The molecule has 0 unspecified atom stereocenters. The number of benzene rings is 1. The lowest BCUT2D eigenvalue weighted by atomic mass is 10.2. The number of anilines is 3. The SMILES string of the molecule is CCCN(CCC)c1nc(C)cc(Nc2ccc3c(c2)OCO3)n1. The third-order valence-corrected chi connectivity index (χ3v) is 3.76. The standard InChI is InChI=1S/C18H24N4O2/c1-4-8-22(9-5-2)18-19-13(3)10-17(21-18)20-14-6-7-15-16(11-14)24-12-23-15/h6-7,10-11H,4-5,8-9,12H2,1-3H3,(H,19,20,21). The summed E-state index contributed by atoms with van der Waals surface area (Å²) in [6.07, 6.45) is 2.14. The zero-order valence-corrected chi connectivity index (χ0v) is 14.5. The first-order valence-electron chi connectivity index (χ1n) is 8.47. The highest BCUT2D eigenvalue weighted by atomic mass is 16.7. The van der Waals surface area contributed by atoms with Crippen molar-refractivity contribution in [2.45, 2.75) is 33.6 Å². The summed E-state index contributed by atoms with van der Waals surface area (Å²) in [6, 6.07) is 7.74. The van der Waals surface area contributed by atoms with Crippen LogP contribution < -0.4 is 19.7 Å². The van der Waals surface area contributed by atoms with Gasteiger partial charge in [-0.25, -0.2) is 4.98 Å². The van der Waals surface area contributed by atoms with Crippen LogP contribution >= 0.6 is 0 Å². The van der Waals surface area contributed by atoms with Gasteiger partial charge >= 0.3 is 0 Å². The Hall–Kier alpha value is -2.50. The monoisotopic (exact) mass is 328 g/mol. The van der Waals surface area contributed by atoms with Crippen LogP contribution in [0.4, 0.5) is 17.5 Å². The molecule has 1 aromatic heterocycles. The van der Waals surface area contributed by atoms with Gasteiger partial charge in [0.2, 0.25) is 12.7 Å². The van der Waals surface area contributed by atoms with Gasteiger partial charge < -0.3 is 19.7 Å². The van der Waals surface area contributed by atoms with Gasteiger partial charge in [-0.15, -0.1) is 0 Å². The van der Waals surface area contributed by atoms with Crippen molar-refractivity contribution in [3.8, 4) is 11.5 Å². The van der Waals surface area contributed by atoms with E-state index in [2.05, 4.69) is 29.0 Å². The van der Waals surface area contributed by atoms with Gasteiger partial charge in [-0.05, 0) is 31.9 Å². The first-order chi connectivity index (χ1) is 11.7. The lowest BCUT2D eigenvalue weighted by Crippen LogP contribution is -2.27. The van der Waals surface area contributed by atoms with Crippen molar-refractivity contribution in [1.82, 2.24) is 9.97 Å². The van der Waals surface area contributed by atoms with Crippen molar-refractivity contribution < 1.29 is 9.47 Å². The lowest BCUT2D eigenvalue weighted by molar-refractivity contribution is 0.174. The van der Waals surface area contributed by atoms with Gasteiger partial charge in [-0.3, -0.25) is 0 Å². The average molecular weight is 328 g/mol. The lowest BCUT2D eigenvalue weighted by Gasteiger charge is -2.22. The number of nitrogens with one attached hydrogen (secondary N) is 1. The van der Waals surface area contributed by atoms with E-state index in [-0.39, 0.29) is 6.79 Å². The van der Waals surface area contributed by atoms with Crippen molar-refractivity contribution >= 4 is 17.5 Å². The highest BCUT2D eigenvalue weighted by Gasteiger charge is 2.14. The van der Waals surface area contributed by atoms with Crippen LogP contribution in [-0.2, 0) is 0 Å². The molecular weight excluding hydrogens is 304 g/mol. The highest BCUT2D eigenvalue weighted by molar-refractivity contribution is 5.62. The van der Waals surface area contributed by atoms with E-state index in [1.807, 2.05) is 31.2 Å². The van der Waals surface area contributed by atoms with E-state index in [9.17, 15) is 0 Å². The molecule has 128 valence electrons. The molecule has 0 saturated heterocycles. The fraction of sp³-hybridized carbons (Fsp3) is 0.444. The topological polar surface area (TPSA) is 59.5 Å². The molecule has 0 bridgehead atoms. The number of nitrogens with zero attached hydrogens (tertiary/aromatic N) is 3. The van der Waals surface area contributed by atoms with Gasteiger partial charge in [0.25, 0.3) is 0 Å². The molecule has 24 heavy (non-hydrogen) atoms. The third kappa shape index (κ3) is 3.69. The minimum atomic E-state index is 0.276. The molecule has 0 fully saturated rings. The van der Waals surface area contributed by atoms with E-state index in [0.29, 0.717) is 0 Å².